The summed E-state index contributed by atoms with van der Waals surface area (Å²) >= 11 is 1.22. The molecule has 1 saturated heterocycles. The Bertz CT molecular complexity index is 871. The Kier molecular flexibility index (Phi) is 4.85. The number of thioether (sulfide) groups is 1. The van der Waals surface area contributed by atoms with E-state index in [9.17, 15) is 14.7 Å². The molecule has 0 bridgehead atoms. The number of ether oxygens (including phenoxy) is 1. The van der Waals surface area contributed by atoms with Crippen LogP contribution in [0.1, 0.15) is 15.9 Å². The van der Waals surface area contributed by atoms with Gasteiger partial charge < -0.3 is 15.2 Å². The normalized spacial score (nSPS) is 16.9. The highest BCUT2D eigenvalue weighted by Crippen LogP contribution is 2.28. The molecule has 1 fully saturated rings. The van der Waals surface area contributed by atoms with Gasteiger partial charge in [0.25, 0.3) is 5.91 Å². The van der Waals surface area contributed by atoms with Crippen molar-refractivity contribution in [2.24, 2.45) is 4.99 Å². The third-order valence-electron chi connectivity index (χ3n) is 3.36. The number of methoxy groups -OCH3 is 1. The number of esters is 1. The van der Waals surface area contributed by atoms with E-state index >= 15 is 0 Å². The highest BCUT2D eigenvalue weighted by atomic mass is 32.2. The molecule has 0 radical (unpaired) electrons. The highest BCUT2D eigenvalue weighted by molar-refractivity contribution is 8.18. The lowest BCUT2D eigenvalue weighted by Gasteiger charge is -1.99. The van der Waals surface area contributed by atoms with E-state index < -0.39 is 5.97 Å². The summed E-state index contributed by atoms with van der Waals surface area (Å²) < 4.78 is 4.65. The quantitative estimate of drug-likeness (QED) is 0.653. The largest absolute Gasteiger partial charge is 0.508 e. The van der Waals surface area contributed by atoms with Crippen LogP contribution in [0.2, 0.25) is 0 Å². The van der Waals surface area contributed by atoms with Gasteiger partial charge in [-0.05, 0) is 59.8 Å². The van der Waals surface area contributed by atoms with Crippen molar-refractivity contribution in [2.45, 2.75) is 0 Å². The zero-order valence-corrected chi connectivity index (χ0v) is 14.0. The second-order valence-electron chi connectivity index (χ2n) is 5.11. The number of carbonyl (C=O) groups is 2. The summed E-state index contributed by atoms with van der Waals surface area (Å²) in [6.45, 7) is 0. The molecule has 1 amide bonds. The number of hydrogen-bond acceptors (Lipinski definition) is 6. The van der Waals surface area contributed by atoms with E-state index in [0.29, 0.717) is 21.3 Å². The number of phenolic OH excluding ortho intramolecular Hbond substituents is 1. The molecule has 7 heteroatoms. The lowest BCUT2D eigenvalue weighted by atomic mass is 10.1. The molecule has 1 aliphatic rings. The highest BCUT2D eigenvalue weighted by Gasteiger charge is 2.23. The number of nitrogens with one attached hydrogen (secondary N) is 1. The first-order valence-corrected chi connectivity index (χ1v) is 8.14. The molecule has 3 rings (SSSR count). The lowest BCUT2D eigenvalue weighted by molar-refractivity contribution is -0.115. The van der Waals surface area contributed by atoms with Crippen LogP contribution >= 0.6 is 11.8 Å². The fourth-order valence-electron chi connectivity index (χ4n) is 2.11. The standard InChI is InChI=1S/C18H14N2O4S/c1-24-17(23)12-4-2-11(3-5-12)10-15-16(22)20-18(25-15)19-13-6-8-14(21)9-7-13/h2-10,21H,1H3,(H,19,20,22)/b15-10-. The van der Waals surface area contributed by atoms with Gasteiger partial charge in [0.2, 0.25) is 0 Å². The summed E-state index contributed by atoms with van der Waals surface area (Å²) in [5, 5.41) is 12.4. The fourth-order valence-corrected chi connectivity index (χ4v) is 2.95. The van der Waals surface area contributed by atoms with E-state index in [2.05, 4.69) is 15.0 Å². The van der Waals surface area contributed by atoms with Gasteiger partial charge in [-0.3, -0.25) is 4.79 Å². The van der Waals surface area contributed by atoms with Crippen LogP contribution in [0.25, 0.3) is 6.08 Å². The molecule has 2 N–H and O–H groups in total. The molecule has 0 aliphatic carbocycles. The Morgan fingerprint density at radius 1 is 1.16 bits per heavy atom. The van der Waals surface area contributed by atoms with E-state index in [1.807, 2.05) is 0 Å². The van der Waals surface area contributed by atoms with Gasteiger partial charge in [0.05, 0.1) is 23.3 Å². The van der Waals surface area contributed by atoms with Gasteiger partial charge >= 0.3 is 5.97 Å². The molecule has 1 heterocycles. The van der Waals surface area contributed by atoms with Crippen molar-refractivity contribution in [3.05, 3.63) is 64.6 Å². The molecule has 2 aromatic carbocycles. The van der Waals surface area contributed by atoms with Crippen LogP contribution < -0.4 is 5.32 Å². The maximum absolute atomic E-state index is 12.1. The first-order chi connectivity index (χ1) is 12.0. The number of nitrogens with zero attached hydrogens (tertiary/aromatic N) is 1. The summed E-state index contributed by atoms with van der Waals surface area (Å²) in [4.78, 5) is 28.3. The summed E-state index contributed by atoms with van der Waals surface area (Å²) in [5.74, 6) is -0.488. The molecular formula is C18H14N2O4S. The van der Waals surface area contributed by atoms with Gasteiger partial charge in [0.1, 0.15) is 5.75 Å². The Morgan fingerprint density at radius 3 is 2.48 bits per heavy atom. The van der Waals surface area contributed by atoms with Gasteiger partial charge in [-0.25, -0.2) is 9.79 Å². The van der Waals surface area contributed by atoms with E-state index in [1.54, 1.807) is 42.5 Å². The van der Waals surface area contributed by atoms with Crippen molar-refractivity contribution in [2.75, 3.05) is 7.11 Å². The van der Waals surface area contributed by atoms with Crippen molar-refractivity contribution in [1.29, 1.82) is 0 Å². The van der Waals surface area contributed by atoms with E-state index in [4.69, 9.17) is 0 Å². The number of rotatable bonds is 3. The second-order valence-corrected chi connectivity index (χ2v) is 6.14. The predicted octanol–water partition coefficient (Wildman–Crippen LogP) is 3.07. The molecule has 0 spiro atoms. The van der Waals surface area contributed by atoms with Crippen LogP contribution in [0, 0.1) is 0 Å². The maximum atomic E-state index is 12.1. The molecular weight excluding hydrogens is 340 g/mol. The van der Waals surface area contributed by atoms with Crippen molar-refractivity contribution in [3.63, 3.8) is 0 Å². The van der Waals surface area contributed by atoms with Crippen LogP contribution in [0.4, 0.5) is 5.69 Å². The second kappa shape index (κ2) is 7.23. The van der Waals surface area contributed by atoms with Gasteiger partial charge in [-0.1, -0.05) is 12.1 Å². The molecule has 1 aliphatic heterocycles. The molecule has 2 aromatic rings. The van der Waals surface area contributed by atoms with Gasteiger partial charge in [-0.15, -0.1) is 0 Å². The minimum atomic E-state index is -0.407. The van der Waals surface area contributed by atoms with Crippen LogP contribution in [-0.4, -0.2) is 29.3 Å². The minimum Gasteiger partial charge on any atom is -0.508 e. The van der Waals surface area contributed by atoms with Crippen LogP contribution in [-0.2, 0) is 9.53 Å². The Morgan fingerprint density at radius 2 is 1.84 bits per heavy atom. The summed E-state index contributed by atoms with van der Waals surface area (Å²) in [5.41, 5.74) is 1.86. The number of amides is 1. The Labute approximate surface area is 148 Å². The minimum absolute atomic E-state index is 0.156. The van der Waals surface area contributed by atoms with Gasteiger partial charge in [0, 0.05) is 0 Å². The summed E-state index contributed by atoms with van der Waals surface area (Å²) in [6.07, 6.45) is 1.72. The average Bonchev–Trinajstić information content (AvgIpc) is 2.96. The van der Waals surface area contributed by atoms with Crippen LogP contribution in [0.5, 0.6) is 5.75 Å². The SMILES string of the molecule is COC(=O)c1ccc(/C=C2\SC(=Nc3ccc(O)cc3)NC2=O)cc1. The first-order valence-electron chi connectivity index (χ1n) is 7.32. The van der Waals surface area contributed by atoms with Crippen molar-refractivity contribution >= 4 is 40.6 Å². The van der Waals surface area contributed by atoms with E-state index in [0.717, 1.165) is 5.56 Å². The number of phenols is 1. The van der Waals surface area contributed by atoms with Gasteiger partial charge in [0.15, 0.2) is 5.17 Å². The number of amidine groups is 1. The van der Waals surface area contributed by atoms with Gasteiger partial charge in [-0.2, -0.15) is 0 Å². The predicted molar refractivity (Wildman–Crippen MR) is 96.7 cm³/mol. The fraction of sp³-hybridized carbons (Fsp3) is 0.0556. The molecule has 6 nitrogen and oxygen atoms in total. The number of benzene rings is 2. The van der Waals surface area contributed by atoms with Crippen LogP contribution in [0.15, 0.2) is 58.4 Å². The number of hydrogen-bond donors (Lipinski definition) is 2. The lowest BCUT2D eigenvalue weighted by Crippen LogP contribution is -2.19. The third kappa shape index (κ3) is 4.07. The summed E-state index contributed by atoms with van der Waals surface area (Å²) in [6, 6.07) is 13.1. The molecule has 0 aromatic heterocycles. The zero-order chi connectivity index (χ0) is 17.8. The Hall–Kier alpha value is -3.06. The third-order valence-corrected chi connectivity index (χ3v) is 4.27. The van der Waals surface area contributed by atoms with Crippen LogP contribution in [0.3, 0.4) is 0 Å². The smallest absolute Gasteiger partial charge is 0.337 e. The Balaban J connectivity index is 1.77. The van der Waals surface area contributed by atoms with Crippen molar-refractivity contribution < 1.29 is 19.4 Å². The van der Waals surface area contributed by atoms with Crippen molar-refractivity contribution in [1.82, 2.24) is 5.32 Å². The molecule has 126 valence electrons. The number of carbonyl (C=O) groups excluding carboxylic acids is 2. The monoisotopic (exact) mass is 354 g/mol. The van der Waals surface area contributed by atoms with E-state index in [1.165, 1.54) is 31.0 Å². The molecule has 0 saturated carbocycles. The number of aromatic hydroxyl groups is 1. The number of aliphatic imine (C=N–C) groups is 1. The van der Waals surface area contributed by atoms with Crippen molar-refractivity contribution in [3.8, 4) is 5.75 Å². The average molecular weight is 354 g/mol. The molecule has 0 atom stereocenters. The molecule has 25 heavy (non-hydrogen) atoms. The first kappa shape index (κ1) is 16.8. The molecule has 0 unspecified atom stereocenters. The topological polar surface area (TPSA) is 88.0 Å². The zero-order valence-electron chi connectivity index (χ0n) is 13.2. The van der Waals surface area contributed by atoms with E-state index in [-0.39, 0.29) is 11.7 Å². The maximum Gasteiger partial charge on any atom is 0.337 e. The summed E-state index contributed by atoms with van der Waals surface area (Å²) in [7, 11) is 1.33.